The molecule has 13 nitrogen and oxygen atoms in total. The highest BCUT2D eigenvalue weighted by Crippen LogP contribution is 2.47. The minimum absolute atomic E-state index is 0.0415. The fraction of sp³-hybridized carbons (Fsp3) is 0.400. The van der Waals surface area contributed by atoms with Crippen LogP contribution >= 0.6 is 11.6 Å². The monoisotopic (exact) mass is 739 g/mol. The lowest BCUT2D eigenvalue weighted by molar-refractivity contribution is -0.134. The van der Waals surface area contributed by atoms with Gasteiger partial charge in [-0.2, -0.15) is 19.0 Å². The number of H-pyrrole nitrogens is 1. The fourth-order valence-electron chi connectivity index (χ4n) is 6.52. The van der Waals surface area contributed by atoms with E-state index in [9.17, 15) is 23.5 Å². The van der Waals surface area contributed by atoms with Gasteiger partial charge in [-0.1, -0.05) is 50.6 Å². The molecule has 274 valence electrons. The fourth-order valence-corrected chi connectivity index (χ4v) is 6.73. The normalized spacial score (nSPS) is 18.1. The van der Waals surface area contributed by atoms with Gasteiger partial charge in [-0.3, -0.25) is 24.9 Å². The van der Waals surface area contributed by atoms with Crippen LogP contribution in [0.2, 0.25) is 5.02 Å². The Morgan fingerprint density at radius 1 is 1.15 bits per heavy atom. The van der Waals surface area contributed by atoms with Crippen LogP contribution in [0.3, 0.4) is 0 Å². The number of halogens is 4. The minimum Gasteiger partial charge on any atom is -0.465 e. The molecule has 2 aromatic heterocycles. The highest BCUT2D eigenvalue weighted by molar-refractivity contribution is 6.33. The third kappa shape index (κ3) is 7.81. The number of alkyl halides is 2. The zero-order valence-electron chi connectivity index (χ0n) is 28.5. The summed E-state index contributed by atoms with van der Waals surface area (Å²) in [6, 6.07) is 8.19. The number of aromatic amines is 1. The molecule has 0 bridgehead atoms. The van der Waals surface area contributed by atoms with Gasteiger partial charge in [0.1, 0.15) is 12.1 Å². The van der Waals surface area contributed by atoms with Gasteiger partial charge in [-0.25, -0.2) is 23.8 Å². The Hall–Kier alpha value is -5.25. The lowest BCUT2D eigenvalue weighted by Crippen LogP contribution is -2.48. The van der Waals surface area contributed by atoms with E-state index in [2.05, 4.69) is 30.9 Å². The number of carboxylic acid groups (broad SMARTS) is 1. The zero-order chi connectivity index (χ0) is 37.4. The lowest BCUT2D eigenvalue weighted by atomic mass is 9.75. The largest absolute Gasteiger partial charge is 0.465 e. The van der Waals surface area contributed by atoms with Crippen LogP contribution in [0.25, 0.3) is 22.5 Å². The average molecular weight is 740 g/mol. The molecule has 1 aliphatic heterocycles. The van der Waals surface area contributed by atoms with E-state index in [0.29, 0.717) is 33.1 Å². The summed E-state index contributed by atoms with van der Waals surface area (Å²) in [5, 5.41) is 25.8. The van der Waals surface area contributed by atoms with Gasteiger partial charge < -0.3 is 10.4 Å². The summed E-state index contributed by atoms with van der Waals surface area (Å²) in [7, 11) is 0. The van der Waals surface area contributed by atoms with Crippen LogP contribution in [0.4, 0.5) is 18.0 Å². The zero-order valence-corrected chi connectivity index (χ0v) is 29.3. The molecule has 2 aliphatic rings. The highest BCUT2D eigenvalue weighted by Gasteiger charge is 2.55. The topological polar surface area (TPSA) is 170 Å². The Morgan fingerprint density at radius 2 is 1.92 bits per heavy atom. The standard InChI is InChI=1S/C35H37ClF3N9O4/c1-34(2,3)17-35(24-11-7-19(14-26(24)37)21-15-42-47(16-21)31(38)39)30(50)48(32(45-35)44-33(51)52)27(5-4-6-28(49)43-22-9-10-22)20-8-12-25(36)23(13-20)29-40-18-41-46-29/h7-8,11-16,18,22,27,31H,4-6,9-10,17H2,1-3H3,(H,43,49)(H,44,45)(H,51,52)(H,40,41,46)/t27?,35-/m1/s1. The number of carbonyl (C=O) groups excluding carboxylic acids is 2. The summed E-state index contributed by atoms with van der Waals surface area (Å²) in [5.74, 6) is -1.68. The maximum Gasteiger partial charge on any atom is 0.411 e. The molecule has 1 unspecified atom stereocenters. The maximum absolute atomic E-state index is 16.4. The second-order valence-electron chi connectivity index (χ2n) is 14.1. The first-order chi connectivity index (χ1) is 24.6. The van der Waals surface area contributed by atoms with Gasteiger partial charge in [-0.15, -0.1) is 0 Å². The molecule has 1 saturated carbocycles. The van der Waals surface area contributed by atoms with Gasteiger partial charge >= 0.3 is 12.6 Å². The van der Waals surface area contributed by atoms with E-state index in [-0.39, 0.29) is 53.9 Å². The van der Waals surface area contributed by atoms with E-state index in [1.165, 1.54) is 29.6 Å². The summed E-state index contributed by atoms with van der Waals surface area (Å²) < 4.78 is 43.3. The second-order valence-corrected chi connectivity index (χ2v) is 14.6. The van der Waals surface area contributed by atoms with Crippen LogP contribution in [0.1, 0.15) is 83.0 Å². The number of aliphatic imine (C=N–C) groups is 1. The molecule has 3 amide bonds. The summed E-state index contributed by atoms with van der Waals surface area (Å²) in [6.45, 7) is 2.63. The van der Waals surface area contributed by atoms with E-state index >= 15 is 9.18 Å². The molecule has 6 rings (SSSR count). The summed E-state index contributed by atoms with van der Waals surface area (Å²) in [4.78, 5) is 50.1. The van der Waals surface area contributed by atoms with Crippen molar-refractivity contribution in [3.63, 3.8) is 0 Å². The quantitative estimate of drug-likeness (QED) is 0.124. The molecule has 0 spiro atoms. The van der Waals surface area contributed by atoms with Crippen molar-refractivity contribution in [3.05, 3.63) is 77.1 Å². The van der Waals surface area contributed by atoms with Crippen LogP contribution < -0.4 is 10.6 Å². The third-order valence-electron chi connectivity index (χ3n) is 8.83. The first-order valence-electron chi connectivity index (χ1n) is 16.7. The molecule has 52 heavy (non-hydrogen) atoms. The van der Waals surface area contributed by atoms with Gasteiger partial charge in [0.15, 0.2) is 11.4 Å². The van der Waals surface area contributed by atoms with Crippen molar-refractivity contribution in [3.8, 4) is 22.5 Å². The molecule has 1 fully saturated rings. The number of amides is 3. The smallest absolute Gasteiger partial charge is 0.411 e. The van der Waals surface area contributed by atoms with Crippen LogP contribution in [0.5, 0.6) is 0 Å². The Kier molecular flexibility index (Phi) is 10.1. The van der Waals surface area contributed by atoms with Gasteiger partial charge in [0, 0.05) is 35.3 Å². The van der Waals surface area contributed by atoms with Crippen molar-refractivity contribution in [1.29, 1.82) is 0 Å². The lowest BCUT2D eigenvalue weighted by Gasteiger charge is -2.35. The molecule has 1 aliphatic carbocycles. The van der Waals surface area contributed by atoms with Gasteiger partial charge in [-0.05, 0) is 66.8 Å². The minimum atomic E-state index is -2.89. The molecule has 2 aromatic carbocycles. The molecule has 4 N–H and O–H groups in total. The number of aromatic nitrogens is 5. The highest BCUT2D eigenvalue weighted by atomic mass is 35.5. The predicted octanol–water partition coefficient (Wildman–Crippen LogP) is 6.81. The number of guanidine groups is 1. The van der Waals surface area contributed by atoms with Crippen molar-refractivity contribution < 1.29 is 32.7 Å². The maximum atomic E-state index is 16.4. The molecule has 17 heteroatoms. The van der Waals surface area contributed by atoms with E-state index in [1.807, 2.05) is 20.8 Å². The Bertz CT molecular complexity index is 2010. The Labute approximate surface area is 301 Å². The van der Waals surface area contributed by atoms with E-state index in [1.54, 1.807) is 18.2 Å². The number of nitrogens with one attached hydrogen (secondary N) is 3. The second kappa shape index (κ2) is 14.4. The van der Waals surface area contributed by atoms with Crippen molar-refractivity contribution in [2.75, 3.05) is 0 Å². The van der Waals surface area contributed by atoms with Crippen LogP contribution in [-0.4, -0.2) is 64.9 Å². The number of carbonyl (C=O) groups is 3. The number of benzene rings is 2. The molecular formula is C35H37ClF3N9O4. The van der Waals surface area contributed by atoms with Crippen molar-refractivity contribution in [1.82, 2.24) is 40.5 Å². The van der Waals surface area contributed by atoms with E-state index in [0.717, 1.165) is 25.1 Å². The number of hydrogen-bond donors (Lipinski definition) is 4. The summed E-state index contributed by atoms with van der Waals surface area (Å²) >= 11 is 6.55. The predicted molar refractivity (Wildman–Crippen MR) is 185 cm³/mol. The average Bonchev–Trinajstić information content (AvgIpc) is 3.42. The van der Waals surface area contributed by atoms with Crippen LogP contribution in [0, 0.1) is 11.2 Å². The molecule has 0 radical (unpaired) electrons. The molecule has 4 aromatic rings. The van der Waals surface area contributed by atoms with Gasteiger partial charge in [0.05, 0.1) is 17.3 Å². The third-order valence-corrected chi connectivity index (χ3v) is 9.16. The molecule has 0 saturated heterocycles. The number of nitrogens with zero attached hydrogens (tertiary/aromatic N) is 6. The van der Waals surface area contributed by atoms with Crippen molar-refractivity contribution >= 4 is 35.5 Å². The van der Waals surface area contributed by atoms with Gasteiger partial charge in [0.2, 0.25) is 11.9 Å². The molecule has 2 atom stereocenters. The first-order valence-corrected chi connectivity index (χ1v) is 17.0. The number of rotatable bonds is 12. The van der Waals surface area contributed by atoms with E-state index < -0.39 is 41.4 Å². The summed E-state index contributed by atoms with van der Waals surface area (Å²) in [6.07, 6.45) is 4.48. The van der Waals surface area contributed by atoms with Crippen molar-refractivity contribution in [2.24, 2.45) is 10.4 Å². The molecule has 3 heterocycles. The van der Waals surface area contributed by atoms with E-state index in [4.69, 9.17) is 16.6 Å². The number of hydrogen-bond acceptors (Lipinski definition) is 7. The first kappa shape index (κ1) is 36.5. The Balaban J connectivity index is 1.45. The summed E-state index contributed by atoms with van der Waals surface area (Å²) in [5.41, 5.74) is -1.30. The SMILES string of the molecule is CC(C)(C)C[C@]1(c2ccc(-c3cnn(C(F)F)c3)cc2F)N=C(NC(=O)O)N(C(CCCC(=O)NC2CC2)c2ccc(Cl)c(-c3ncn[nH]3)c2)C1=O. The van der Waals surface area contributed by atoms with Crippen LogP contribution in [0.15, 0.2) is 60.1 Å². The van der Waals surface area contributed by atoms with Crippen LogP contribution in [-0.2, 0) is 15.1 Å². The Morgan fingerprint density at radius 3 is 2.54 bits per heavy atom. The molecular weight excluding hydrogens is 703 g/mol. The van der Waals surface area contributed by atoms with Crippen molar-refractivity contribution in [2.45, 2.75) is 83.5 Å². The van der Waals surface area contributed by atoms with Gasteiger partial charge in [0.25, 0.3) is 5.91 Å².